The van der Waals surface area contributed by atoms with E-state index in [4.69, 9.17) is 21.7 Å². The van der Waals surface area contributed by atoms with Gasteiger partial charge in [0.05, 0.1) is 22.1 Å². The summed E-state index contributed by atoms with van der Waals surface area (Å²) in [6, 6.07) is 5.86. The lowest BCUT2D eigenvalue weighted by Crippen LogP contribution is -2.26. The number of hydrogen-bond donors (Lipinski definition) is 0. The molecule has 1 aromatic rings. The molecule has 0 aromatic heterocycles. The average molecular weight is 273 g/mol. The monoisotopic (exact) mass is 272 g/mol. The van der Waals surface area contributed by atoms with E-state index in [1.54, 1.807) is 0 Å². The fourth-order valence-corrected chi connectivity index (χ4v) is 3.09. The van der Waals surface area contributed by atoms with Gasteiger partial charge in [-0.25, -0.2) is 8.42 Å². The van der Waals surface area contributed by atoms with E-state index in [9.17, 15) is 8.42 Å². The highest BCUT2D eigenvalue weighted by atomic mass is 35.5. The van der Waals surface area contributed by atoms with Crippen molar-refractivity contribution in [1.29, 1.82) is 5.26 Å². The van der Waals surface area contributed by atoms with Gasteiger partial charge < -0.3 is 0 Å². The summed E-state index contributed by atoms with van der Waals surface area (Å²) < 4.78 is 25.0. The molecule has 1 aliphatic heterocycles. The molecule has 5 nitrogen and oxygen atoms in total. The van der Waals surface area contributed by atoms with Gasteiger partial charge in [0.15, 0.2) is 0 Å². The van der Waals surface area contributed by atoms with Gasteiger partial charge >= 0.3 is 0 Å². The van der Waals surface area contributed by atoms with E-state index < -0.39 is 10.0 Å². The van der Waals surface area contributed by atoms with Crippen LogP contribution in [-0.2, 0) is 14.9 Å². The van der Waals surface area contributed by atoms with Crippen molar-refractivity contribution in [2.75, 3.05) is 13.2 Å². The first-order valence-corrected chi connectivity index (χ1v) is 6.73. The predicted octanol–water partition coefficient (Wildman–Crippen LogP) is 1.54. The zero-order valence-electron chi connectivity index (χ0n) is 8.76. The number of sulfonamides is 1. The van der Waals surface area contributed by atoms with Gasteiger partial charge in [0.2, 0.25) is 0 Å². The van der Waals surface area contributed by atoms with Gasteiger partial charge in [-0.15, -0.1) is 0 Å². The molecule has 0 unspecified atom stereocenters. The topological polar surface area (TPSA) is 70.4 Å². The molecule has 90 valence electrons. The second-order valence-corrected chi connectivity index (χ2v) is 5.71. The molecule has 0 bridgehead atoms. The lowest BCUT2D eigenvalue weighted by molar-refractivity contribution is -0.0284. The van der Waals surface area contributed by atoms with E-state index >= 15 is 0 Å². The van der Waals surface area contributed by atoms with E-state index in [2.05, 4.69) is 0 Å². The van der Waals surface area contributed by atoms with Crippen LogP contribution >= 0.6 is 11.6 Å². The van der Waals surface area contributed by atoms with E-state index in [-0.39, 0.29) is 15.5 Å². The van der Waals surface area contributed by atoms with Crippen LogP contribution in [0.4, 0.5) is 0 Å². The summed E-state index contributed by atoms with van der Waals surface area (Å²) in [4.78, 5) is 5.04. The highest BCUT2D eigenvalue weighted by molar-refractivity contribution is 7.89. The standard InChI is InChI=1S/C10H9ClN2O3S/c11-10-6-9(3-2-8(10)7-12)17(14,15)13-4-1-5-16-13/h2-3,6H,1,4-5H2. The highest BCUT2D eigenvalue weighted by Gasteiger charge is 2.29. The van der Waals surface area contributed by atoms with Crippen LogP contribution in [0.25, 0.3) is 0 Å². The average Bonchev–Trinajstić information content (AvgIpc) is 2.83. The van der Waals surface area contributed by atoms with Crippen molar-refractivity contribution in [3.8, 4) is 6.07 Å². The van der Waals surface area contributed by atoms with Crippen LogP contribution in [0.3, 0.4) is 0 Å². The SMILES string of the molecule is N#Cc1ccc(S(=O)(=O)N2CCCO2)cc1Cl. The Labute approximate surface area is 104 Å². The normalized spacial score (nSPS) is 16.9. The molecule has 0 spiro atoms. The van der Waals surface area contributed by atoms with Gasteiger partial charge in [0, 0.05) is 6.54 Å². The maximum atomic E-state index is 12.0. The number of nitrogens with zero attached hydrogens (tertiary/aromatic N) is 2. The summed E-state index contributed by atoms with van der Waals surface area (Å²) in [6.45, 7) is 0.725. The number of hydrogen-bond acceptors (Lipinski definition) is 4. The molecule has 1 aliphatic rings. The molecule has 1 heterocycles. The first kappa shape index (κ1) is 12.3. The molecule has 0 atom stereocenters. The van der Waals surface area contributed by atoms with Crippen LogP contribution in [-0.4, -0.2) is 26.0 Å². The Morgan fingerprint density at radius 2 is 2.24 bits per heavy atom. The van der Waals surface area contributed by atoms with Crippen molar-refractivity contribution in [3.05, 3.63) is 28.8 Å². The smallest absolute Gasteiger partial charge is 0.265 e. The molecule has 17 heavy (non-hydrogen) atoms. The fourth-order valence-electron chi connectivity index (χ4n) is 1.48. The van der Waals surface area contributed by atoms with Crippen LogP contribution in [0.1, 0.15) is 12.0 Å². The minimum absolute atomic E-state index is 0.0309. The predicted molar refractivity (Wildman–Crippen MR) is 60.6 cm³/mol. The Kier molecular flexibility index (Phi) is 3.35. The Hall–Kier alpha value is -1.13. The lowest BCUT2D eigenvalue weighted by atomic mass is 10.2. The maximum Gasteiger partial charge on any atom is 0.265 e. The van der Waals surface area contributed by atoms with Crippen LogP contribution in [0, 0.1) is 11.3 Å². The molecule has 0 amide bonds. The van der Waals surface area contributed by atoms with Crippen molar-refractivity contribution in [1.82, 2.24) is 4.47 Å². The van der Waals surface area contributed by atoms with Gasteiger partial charge in [-0.05, 0) is 24.6 Å². The first-order chi connectivity index (χ1) is 8.05. The van der Waals surface area contributed by atoms with Crippen molar-refractivity contribution >= 4 is 21.6 Å². The van der Waals surface area contributed by atoms with E-state index in [0.29, 0.717) is 19.6 Å². The van der Waals surface area contributed by atoms with E-state index in [1.807, 2.05) is 6.07 Å². The quantitative estimate of drug-likeness (QED) is 0.819. The molecule has 1 fully saturated rings. The largest absolute Gasteiger partial charge is 0.284 e. The summed E-state index contributed by atoms with van der Waals surface area (Å²) in [7, 11) is -3.67. The second-order valence-electron chi connectivity index (χ2n) is 3.47. The molecule has 7 heteroatoms. The molecular weight excluding hydrogens is 264 g/mol. The van der Waals surface area contributed by atoms with Crippen LogP contribution in [0.5, 0.6) is 0 Å². The van der Waals surface area contributed by atoms with Gasteiger partial charge in [0.1, 0.15) is 6.07 Å². The zero-order valence-corrected chi connectivity index (χ0v) is 10.3. The Morgan fingerprint density at radius 1 is 1.47 bits per heavy atom. The summed E-state index contributed by atoms with van der Waals surface area (Å²) in [5.41, 5.74) is 0.243. The Bertz CT molecular complexity index is 574. The lowest BCUT2D eigenvalue weighted by Gasteiger charge is -2.14. The molecule has 2 rings (SSSR count). The van der Waals surface area contributed by atoms with Crippen molar-refractivity contribution < 1.29 is 13.3 Å². The van der Waals surface area contributed by atoms with E-state index in [1.165, 1.54) is 18.2 Å². The second kappa shape index (κ2) is 4.63. The molecule has 1 aromatic carbocycles. The summed E-state index contributed by atoms with van der Waals surface area (Å²) in [5.74, 6) is 0. The highest BCUT2D eigenvalue weighted by Crippen LogP contribution is 2.24. The third-order valence-corrected chi connectivity index (χ3v) is 4.33. The van der Waals surface area contributed by atoms with Gasteiger partial charge in [-0.1, -0.05) is 16.1 Å². The maximum absolute atomic E-state index is 12.0. The summed E-state index contributed by atoms with van der Waals surface area (Å²) in [6.07, 6.45) is 0.670. The third-order valence-electron chi connectivity index (χ3n) is 2.35. The number of hydroxylamine groups is 1. The molecule has 1 saturated heterocycles. The van der Waals surface area contributed by atoms with E-state index in [0.717, 1.165) is 4.47 Å². The molecule has 0 N–H and O–H groups in total. The van der Waals surface area contributed by atoms with Crippen molar-refractivity contribution in [3.63, 3.8) is 0 Å². The van der Waals surface area contributed by atoms with Gasteiger partial charge in [0.25, 0.3) is 10.0 Å². The molecule has 0 saturated carbocycles. The summed E-state index contributed by atoms with van der Waals surface area (Å²) >= 11 is 5.80. The third kappa shape index (κ3) is 2.28. The fraction of sp³-hybridized carbons (Fsp3) is 0.300. The van der Waals surface area contributed by atoms with Gasteiger partial charge in [-0.3, -0.25) is 4.84 Å². The minimum Gasteiger partial charge on any atom is -0.284 e. The molecular formula is C10H9ClN2O3S. The van der Waals surface area contributed by atoms with Crippen LogP contribution < -0.4 is 0 Å². The first-order valence-electron chi connectivity index (χ1n) is 4.91. The van der Waals surface area contributed by atoms with Crippen molar-refractivity contribution in [2.24, 2.45) is 0 Å². The summed E-state index contributed by atoms with van der Waals surface area (Å²) in [5, 5.41) is 8.82. The number of halogens is 1. The van der Waals surface area contributed by atoms with Crippen LogP contribution in [0.15, 0.2) is 23.1 Å². The number of benzene rings is 1. The number of nitriles is 1. The Morgan fingerprint density at radius 3 is 2.76 bits per heavy atom. The molecule has 0 aliphatic carbocycles. The zero-order chi connectivity index (χ0) is 12.5. The molecule has 0 radical (unpaired) electrons. The van der Waals surface area contributed by atoms with Gasteiger partial charge in [-0.2, -0.15) is 5.26 Å². The number of rotatable bonds is 2. The van der Waals surface area contributed by atoms with Crippen molar-refractivity contribution in [2.45, 2.75) is 11.3 Å². The van der Waals surface area contributed by atoms with Crippen LogP contribution in [0.2, 0.25) is 5.02 Å². The Balaban J connectivity index is 2.40. The minimum atomic E-state index is -3.67.